The zero-order valence-electron chi connectivity index (χ0n) is 14.4. The molecule has 0 spiro atoms. The number of carbonyl (C=O) groups is 2. The van der Waals surface area contributed by atoms with Crippen molar-refractivity contribution < 1.29 is 24.0 Å². The minimum atomic E-state index is -0.702. The van der Waals surface area contributed by atoms with Crippen LogP contribution in [-0.4, -0.2) is 30.1 Å². The van der Waals surface area contributed by atoms with Crippen molar-refractivity contribution in [2.24, 2.45) is 0 Å². The third kappa shape index (κ3) is 4.35. The lowest BCUT2D eigenvalue weighted by Gasteiger charge is -2.14. The summed E-state index contributed by atoms with van der Waals surface area (Å²) in [5, 5.41) is 14.0. The van der Waals surface area contributed by atoms with E-state index in [1.165, 1.54) is 12.1 Å². The normalized spacial score (nSPS) is 10.1. The second-order valence-electron chi connectivity index (χ2n) is 5.10. The van der Waals surface area contributed by atoms with Gasteiger partial charge in [0.2, 0.25) is 0 Å². The molecule has 2 aromatic carbocycles. The summed E-state index contributed by atoms with van der Waals surface area (Å²) >= 11 is 0. The van der Waals surface area contributed by atoms with Crippen molar-refractivity contribution in [2.45, 2.75) is 13.8 Å². The molecule has 2 aromatic rings. The highest BCUT2D eigenvalue weighted by Gasteiger charge is 2.20. The summed E-state index contributed by atoms with van der Waals surface area (Å²) in [4.78, 5) is 34.6. The Kier molecular flexibility index (Phi) is 6.26. The van der Waals surface area contributed by atoms with E-state index >= 15 is 0 Å². The minimum absolute atomic E-state index is 0.000267. The van der Waals surface area contributed by atoms with Gasteiger partial charge in [0.25, 0.3) is 5.69 Å². The fraction of sp³-hybridized carbons (Fsp3) is 0.222. The van der Waals surface area contributed by atoms with Crippen LogP contribution >= 0.6 is 0 Å². The molecule has 0 amide bonds. The molecule has 26 heavy (non-hydrogen) atoms. The van der Waals surface area contributed by atoms with Crippen LogP contribution in [0.25, 0.3) is 0 Å². The summed E-state index contributed by atoms with van der Waals surface area (Å²) in [5.74, 6) is -1.22. The van der Waals surface area contributed by atoms with E-state index in [9.17, 15) is 19.7 Å². The summed E-state index contributed by atoms with van der Waals surface area (Å²) in [5.41, 5.74) is 0.732. The number of hydrogen-bond acceptors (Lipinski definition) is 7. The number of nitrogens with zero attached hydrogens (tertiary/aromatic N) is 1. The van der Waals surface area contributed by atoms with Crippen molar-refractivity contribution >= 4 is 29.0 Å². The van der Waals surface area contributed by atoms with E-state index in [4.69, 9.17) is 9.47 Å². The second-order valence-corrected chi connectivity index (χ2v) is 5.10. The number of benzene rings is 2. The average Bonchev–Trinajstić information content (AvgIpc) is 2.62. The van der Waals surface area contributed by atoms with Gasteiger partial charge in [-0.15, -0.1) is 0 Å². The highest BCUT2D eigenvalue weighted by molar-refractivity contribution is 6.00. The van der Waals surface area contributed by atoms with Gasteiger partial charge in [0.1, 0.15) is 0 Å². The molecule has 8 heteroatoms. The summed E-state index contributed by atoms with van der Waals surface area (Å²) in [6.07, 6.45) is 0. The standard InChI is InChI=1S/C18H18N2O6/c1-3-25-17(21)13-7-5-6-8-15(13)19-16-10-9-12(20(23)24)11-14(16)18(22)26-4-2/h5-11,19H,3-4H2,1-2H3. The first-order chi connectivity index (χ1) is 12.5. The predicted molar refractivity (Wildman–Crippen MR) is 94.7 cm³/mol. The van der Waals surface area contributed by atoms with Gasteiger partial charge >= 0.3 is 11.9 Å². The van der Waals surface area contributed by atoms with Crippen molar-refractivity contribution in [3.63, 3.8) is 0 Å². The van der Waals surface area contributed by atoms with Crippen LogP contribution in [0.5, 0.6) is 0 Å². The first-order valence-electron chi connectivity index (χ1n) is 7.96. The topological polar surface area (TPSA) is 108 Å². The van der Waals surface area contributed by atoms with Crippen molar-refractivity contribution in [2.75, 3.05) is 18.5 Å². The van der Waals surface area contributed by atoms with E-state index in [1.807, 2.05) is 0 Å². The van der Waals surface area contributed by atoms with Crippen LogP contribution in [0.4, 0.5) is 17.1 Å². The third-order valence-electron chi connectivity index (χ3n) is 3.40. The highest BCUT2D eigenvalue weighted by atomic mass is 16.6. The van der Waals surface area contributed by atoms with Crippen LogP contribution in [0.15, 0.2) is 42.5 Å². The van der Waals surface area contributed by atoms with Crippen molar-refractivity contribution in [1.82, 2.24) is 0 Å². The van der Waals surface area contributed by atoms with Crippen molar-refractivity contribution in [3.05, 3.63) is 63.7 Å². The van der Waals surface area contributed by atoms with Gasteiger partial charge in [0.05, 0.1) is 40.6 Å². The van der Waals surface area contributed by atoms with Crippen LogP contribution in [0, 0.1) is 10.1 Å². The zero-order chi connectivity index (χ0) is 19.1. The van der Waals surface area contributed by atoms with Gasteiger partial charge in [-0.2, -0.15) is 0 Å². The van der Waals surface area contributed by atoms with E-state index in [0.717, 1.165) is 6.07 Å². The maximum absolute atomic E-state index is 12.2. The minimum Gasteiger partial charge on any atom is -0.462 e. The lowest BCUT2D eigenvalue weighted by molar-refractivity contribution is -0.384. The highest BCUT2D eigenvalue weighted by Crippen LogP contribution is 2.28. The van der Waals surface area contributed by atoms with E-state index in [-0.39, 0.29) is 35.7 Å². The molecule has 0 aliphatic rings. The molecule has 0 heterocycles. The molecule has 136 valence electrons. The SMILES string of the molecule is CCOC(=O)c1ccccc1Nc1ccc([N+](=O)[O-])cc1C(=O)OCC. The molecule has 0 aliphatic heterocycles. The van der Waals surface area contributed by atoms with Crippen LogP contribution < -0.4 is 5.32 Å². The quantitative estimate of drug-likeness (QED) is 0.457. The Morgan fingerprint density at radius 2 is 1.54 bits per heavy atom. The number of esters is 2. The number of hydrogen-bond donors (Lipinski definition) is 1. The summed E-state index contributed by atoms with van der Waals surface area (Å²) in [7, 11) is 0. The Hall–Kier alpha value is -3.42. The maximum atomic E-state index is 12.2. The van der Waals surface area contributed by atoms with E-state index < -0.39 is 16.9 Å². The largest absolute Gasteiger partial charge is 0.462 e. The molecule has 0 aromatic heterocycles. The van der Waals surface area contributed by atoms with Gasteiger partial charge in [-0.25, -0.2) is 9.59 Å². The molecule has 8 nitrogen and oxygen atoms in total. The van der Waals surface area contributed by atoms with Crippen molar-refractivity contribution in [3.8, 4) is 0 Å². The predicted octanol–water partition coefficient (Wildman–Crippen LogP) is 3.69. The molecular formula is C18H18N2O6. The third-order valence-corrected chi connectivity index (χ3v) is 3.40. The van der Waals surface area contributed by atoms with Crippen molar-refractivity contribution in [1.29, 1.82) is 0 Å². The van der Waals surface area contributed by atoms with Gasteiger partial charge in [-0.3, -0.25) is 10.1 Å². The Morgan fingerprint density at radius 1 is 0.962 bits per heavy atom. The monoisotopic (exact) mass is 358 g/mol. The number of anilines is 2. The molecule has 0 radical (unpaired) electrons. The summed E-state index contributed by atoms with van der Waals surface area (Å²) in [6, 6.07) is 10.4. The number of nitrogens with one attached hydrogen (secondary N) is 1. The van der Waals surface area contributed by atoms with E-state index in [1.54, 1.807) is 38.1 Å². The van der Waals surface area contributed by atoms with Gasteiger partial charge in [0, 0.05) is 12.1 Å². The van der Waals surface area contributed by atoms with Crippen LogP contribution in [0.2, 0.25) is 0 Å². The number of rotatable bonds is 7. The number of nitro benzene ring substituents is 1. The maximum Gasteiger partial charge on any atom is 0.340 e. The molecule has 1 N–H and O–H groups in total. The van der Waals surface area contributed by atoms with Gasteiger partial charge in [-0.1, -0.05) is 12.1 Å². The number of ether oxygens (including phenoxy) is 2. The lowest BCUT2D eigenvalue weighted by Crippen LogP contribution is -2.11. The fourth-order valence-corrected chi connectivity index (χ4v) is 2.26. The molecule has 0 fully saturated rings. The molecule has 0 aliphatic carbocycles. The second kappa shape index (κ2) is 8.61. The molecule has 0 unspecified atom stereocenters. The zero-order valence-corrected chi connectivity index (χ0v) is 14.4. The molecular weight excluding hydrogens is 340 g/mol. The van der Waals surface area contributed by atoms with Crippen LogP contribution in [-0.2, 0) is 9.47 Å². The van der Waals surface area contributed by atoms with Gasteiger partial charge in [0.15, 0.2) is 0 Å². The average molecular weight is 358 g/mol. The number of carbonyl (C=O) groups excluding carboxylic acids is 2. The fourth-order valence-electron chi connectivity index (χ4n) is 2.26. The van der Waals surface area contributed by atoms with Gasteiger partial charge in [-0.05, 0) is 32.0 Å². The first-order valence-corrected chi connectivity index (χ1v) is 7.96. The summed E-state index contributed by atoms with van der Waals surface area (Å²) in [6.45, 7) is 3.68. The number of nitro groups is 1. The molecule has 0 atom stereocenters. The Bertz CT molecular complexity index is 834. The Balaban J connectivity index is 2.45. The Morgan fingerprint density at radius 3 is 2.15 bits per heavy atom. The van der Waals surface area contributed by atoms with Gasteiger partial charge < -0.3 is 14.8 Å². The Labute approximate surface area is 149 Å². The van der Waals surface area contributed by atoms with Crippen LogP contribution in [0.3, 0.4) is 0 Å². The smallest absolute Gasteiger partial charge is 0.340 e. The molecule has 0 saturated carbocycles. The lowest BCUT2D eigenvalue weighted by atomic mass is 10.1. The van der Waals surface area contributed by atoms with E-state index in [0.29, 0.717) is 5.69 Å². The number of para-hydroxylation sites is 1. The molecule has 2 rings (SSSR count). The first kappa shape index (κ1) is 18.9. The molecule has 0 bridgehead atoms. The number of non-ortho nitro benzene ring substituents is 1. The molecule has 0 saturated heterocycles. The van der Waals surface area contributed by atoms with E-state index in [2.05, 4.69) is 5.32 Å². The summed E-state index contributed by atoms with van der Waals surface area (Å²) < 4.78 is 9.98. The van der Waals surface area contributed by atoms with Crippen LogP contribution in [0.1, 0.15) is 34.6 Å².